The van der Waals surface area contributed by atoms with Crippen LogP contribution in [0.5, 0.6) is 0 Å². The van der Waals surface area contributed by atoms with Gasteiger partial charge in [-0.3, -0.25) is 5.32 Å². The zero-order chi connectivity index (χ0) is 19.4. The smallest absolute Gasteiger partial charge is 0.323 e. The lowest BCUT2D eigenvalue weighted by atomic mass is 9.86. The minimum atomic E-state index is -1.21. The van der Waals surface area contributed by atoms with Crippen LogP contribution in [-0.2, 0) is 6.42 Å². The first-order valence-corrected chi connectivity index (χ1v) is 8.80. The first kappa shape index (κ1) is 19.2. The number of benzene rings is 1. The van der Waals surface area contributed by atoms with E-state index in [1.54, 1.807) is 29.3 Å². The maximum Gasteiger partial charge on any atom is 0.323 e. The van der Waals surface area contributed by atoms with E-state index in [0.717, 1.165) is 6.07 Å². The number of nitrogens with one attached hydrogen (secondary N) is 1. The number of carbonyl (C=O) groups excluding carboxylic acids is 1. The number of carbonyl (C=O) groups is 1. The minimum absolute atomic E-state index is 0.0661. The van der Waals surface area contributed by atoms with E-state index in [9.17, 15) is 18.0 Å². The predicted octanol–water partition coefficient (Wildman–Crippen LogP) is 3.31. The molecule has 1 saturated heterocycles. The van der Waals surface area contributed by atoms with Crippen molar-refractivity contribution in [1.29, 1.82) is 0 Å². The van der Waals surface area contributed by atoms with Crippen LogP contribution >= 0.6 is 0 Å². The second kappa shape index (κ2) is 8.39. The van der Waals surface area contributed by atoms with Crippen molar-refractivity contribution >= 4 is 11.8 Å². The van der Waals surface area contributed by atoms with E-state index in [1.807, 2.05) is 0 Å². The summed E-state index contributed by atoms with van der Waals surface area (Å²) in [4.78, 5) is 18.0. The molecule has 2 amide bonds. The average Bonchev–Trinajstić information content (AvgIpc) is 2.67. The molecule has 0 radical (unpaired) electrons. The molecule has 144 valence electrons. The van der Waals surface area contributed by atoms with Gasteiger partial charge >= 0.3 is 6.03 Å². The van der Waals surface area contributed by atoms with Crippen LogP contribution < -0.4 is 11.1 Å². The fraction of sp³-hybridized carbons (Fsp3) is 0.368. The Hall–Kier alpha value is -2.61. The molecular weight excluding hydrogens is 357 g/mol. The lowest BCUT2D eigenvalue weighted by Crippen LogP contribution is -2.45. The second-order valence-corrected chi connectivity index (χ2v) is 6.70. The average molecular weight is 378 g/mol. The van der Waals surface area contributed by atoms with Gasteiger partial charge in [0.05, 0.1) is 0 Å². The van der Waals surface area contributed by atoms with Crippen LogP contribution in [0.1, 0.15) is 18.4 Å². The number of nitrogens with zero attached hydrogens (tertiary/aromatic N) is 2. The Labute approximate surface area is 155 Å². The maximum atomic E-state index is 13.8. The molecule has 0 spiro atoms. The molecule has 1 fully saturated rings. The Balaban J connectivity index is 1.52. The van der Waals surface area contributed by atoms with Gasteiger partial charge in [-0.05, 0) is 48.9 Å². The van der Waals surface area contributed by atoms with Crippen molar-refractivity contribution in [2.45, 2.75) is 25.3 Å². The number of halogens is 3. The van der Waals surface area contributed by atoms with Crippen LogP contribution in [0.3, 0.4) is 0 Å². The summed E-state index contributed by atoms with van der Waals surface area (Å²) in [5.74, 6) is -2.54. The number of rotatable bonds is 4. The molecule has 1 aliphatic heterocycles. The van der Waals surface area contributed by atoms with Crippen molar-refractivity contribution in [3.05, 3.63) is 59.5 Å². The van der Waals surface area contributed by atoms with Gasteiger partial charge in [0, 0.05) is 31.4 Å². The molecule has 0 unspecified atom stereocenters. The number of nitrogens with two attached hydrogens (primary N) is 1. The Morgan fingerprint density at radius 1 is 1.19 bits per heavy atom. The van der Waals surface area contributed by atoms with E-state index in [4.69, 9.17) is 5.73 Å². The van der Waals surface area contributed by atoms with Gasteiger partial charge in [0.1, 0.15) is 11.6 Å². The van der Waals surface area contributed by atoms with Crippen LogP contribution in [-0.4, -0.2) is 35.0 Å². The number of hydrogen-bond donors (Lipinski definition) is 2. The topological polar surface area (TPSA) is 71.2 Å². The number of hydrogen-bond acceptors (Lipinski definition) is 3. The molecule has 3 N–H and O–H groups in total. The molecule has 1 aliphatic rings. The monoisotopic (exact) mass is 378 g/mol. The van der Waals surface area contributed by atoms with E-state index >= 15 is 0 Å². The highest BCUT2D eigenvalue weighted by Gasteiger charge is 2.27. The molecule has 5 nitrogen and oxygen atoms in total. The molecule has 1 aromatic carbocycles. The van der Waals surface area contributed by atoms with E-state index in [1.165, 1.54) is 0 Å². The van der Waals surface area contributed by atoms with Crippen LogP contribution in [0.2, 0.25) is 0 Å². The Bertz CT molecular complexity index is 795. The Morgan fingerprint density at radius 3 is 2.56 bits per heavy atom. The standard InChI is InChI=1S/C19H21F3N4O/c20-14-11-16(22)15(21)9-13(14)10-17(23)12-4-7-26(8-5-12)19(27)25-18-3-1-2-6-24-18/h1-3,6,9,11-12,17H,4-5,7-8,10,23H2,(H,24,25,27)/t17-/m1/s1. The van der Waals surface area contributed by atoms with Gasteiger partial charge in [-0.15, -0.1) is 0 Å². The summed E-state index contributed by atoms with van der Waals surface area (Å²) in [7, 11) is 0. The third kappa shape index (κ3) is 4.77. The van der Waals surface area contributed by atoms with E-state index in [2.05, 4.69) is 10.3 Å². The highest BCUT2D eigenvalue weighted by Crippen LogP contribution is 2.24. The van der Waals surface area contributed by atoms with Gasteiger partial charge in [-0.1, -0.05) is 6.07 Å². The molecule has 2 aromatic rings. The third-order valence-electron chi connectivity index (χ3n) is 4.88. The fourth-order valence-electron chi connectivity index (χ4n) is 3.30. The van der Waals surface area contributed by atoms with Gasteiger partial charge in [-0.25, -0.2) is 22.9 Å². The van der Waals surface area contributed by atoms with E-state index in [0.29, 0.717) is 37.8 Å². The second-order valence-electron chi connectivity index (χ2n) is 6.70. The number of likely N-dealkylation sites (tertiary alicyclic amines) is 1. The predicted molar refractivity (Wildman–Crippen MR) is 95.5 cm³/mol. The van der Waals surface area contributed by atoms with Crippen LogP contribution in [0.4, 0.5) is 23.8 Å². The summed E-state index contributed by atoms with van der Waals surface area (Å²) < 4.78 is 40.2. The number of urea groups is 1. The molecule has 0 aliphatic carbocycles. The quantitative estimate of drug-likeness (QED) is 0.802. The van der Waals surface area contributed by atoms with Crippen molar-refractivity contribution < 1.29 is 18.0 Å². The van der Waals surface area contributed by atoms with Crippen molar-refractivity contribution in [3.63, 3.8) is 0 Å². The number of aromatic nitrogens is 1. The van der Waals surface area contributed by atoms with Crippen LogP contribution in [0.15, 0.2) is 36.5 Å². The molecule has 8 heteroatoms. The summed E-state index contributed by atoms with van der Waals surface area (Å²) in [6.45, 7) is 1.02. The van der Waals surface area contributed by atoms with Gasteiger partial charge in [0.15, 0.2) is 11.6 Å². The van der Waals surface area contributed by atoms with E-state index in [-0.39, 0.29) is 23.9 Å². The summed E-state index contributed by atoms with van der Waals surface area (Å²) in [6, 6.07) is 6.03. The SMILES string of the molecule is N[C@H](Cc1cc(F)c(F)cc1F)C1CCN(C(=O)Nc2ccccn2)CC1. The van der Waals surface area contributed by atoms with Gasteiger partial charge < -0.3 is 10.6 Å². The van der Waals surface area contributed by atoms with Crippen molar-refractivity contribution in [3.8, 4) is 0 Å². The summed E-state index contributed by atoms with van der Waals surface area (Å²) in [5.41, 5.74) is 6.24. The van der Waals surface area contributed by atoms with Gasteiger partial charge in [0.2, 0.25) is 0 Å². The Kier molecular flexibility index (Phi) is 5.95. The summed E-state index contributed by atoms with van der Waals surface area (Å²) in [6.07, 6.45) is 3.02. The van der Waals surface area contributed by atoms with Gasteiger partial charge in [0.25, 0.3) is 0 Å². The molecule has 27 heavy (non-hydrogen) atoms. The number of piperidine rings is 1. The normalized spacial score (nSPS) is 16.2. The highest BCUT2D eigenvalue weighted by molar-refractivity contribution is 5.88. The van der Waals surface area contributed by atoms with Crippen molar-refractivity contribution in [2.24, 2.45) is 11.7 Å². The summed E-state index contributed by atoms with van der Waals surface area (Å²) >= 11 is 0. The zero-order valence-electron chi connectivity index (χ0n) is 14.7. The van der Waals surface area contributed by atoms with E-state index < -0.39 is 23.5 Å². The maximum absolute atomic E-state index is 13.8. The molecular formula is C19H21F3N4O. The van der Waals surface area contributed by atoms with Crippen LogP contribution in [0, 0.1) is 23.4 Å². The van der Waals surface area contributed by atoms with Crippen LogP contribution in [0.25, 0.3) is 0 Å². The van der Waals surface area contributed by atoms with Gasteiger partial charge in [-0.2, -0.15) is 0 Å². The summed E-state index contributed by atoms with van der Waals surface area (Å²) in [5, 5.41) is 2.73. The number of anilines is 1. The first-order valence-electron chi connectivity index (χ1n) is 8.80. The highest BCUT2D eigenvalue weighted by atomic mass is 19.2. The third-order valence-corrected chi connectivity index (χ3v) is 4.88. The first-order chi connectivity index (χ1) is 12.9. The fourth-order valence-corrected chi connectivity index (χ4v) is 3.30. The zero-order valence-corrected chi connectivity index (χ0v) is 14.7. The largest absolute Gasteiger partial charge is 0.327 e. The molecule has 1 aromatic heterocycles. The number of amides is 2. The Morgan fingerprint density at radius 2 is 1.89 bits per heavy atom. The molecule has 0 bridgehead atoms. The lowest BCUT2D eigenvalue weighted by Gasteiger charge is -2.34. The molecule has 3 rings (SSSR count). The number of pyridine rings is 1. The molecule has 1 atom stereocenters. The lowest BCUT2D eigenvalue weighted by molar-refractivity contribution is 0.173. The molecule has 2 heterocycles. The minimum Gasteiger partial charge on any atom is -0.327 e. The van der Waals surface area contributed by atoms with Crippen molar-refractivity contribution in [1.82, 2.24) is 9.88 Å². The van der Waals surface area contributed by atoms with Crippen molar-refractivity contribution in [2.75, 3.05) is 18.4 Å². The molecule has 0 saturated carbocycles.